The molecule has 46 heavy (non-hydrogen) atoms. The first-order valence-corrected chi connectivity index (χ1v) is 16.7. The fraction of sp³-hybridized carbons (Fsp3) is 0.400. The first kappa shape index (κ1) is 32.6. The lowest BCUT2D eigenvalue weighted by atomic mass is 9.96. The number of hydrogen-bond donors (Lipinski definition) is 0. The second-order valence-corrected chi connectivity index (χ2v) is 12.2. The van der Waals surface area contributed by atoms with Gasteiger partial charge >= 0.3 is 0 Å². The topological polar surface area (TPSA) is 55.4 Å². The van der Waals surface area contributed by atoms with Gasteiger partial charge in [-0.25, -0.2) is 0 Å². The lowest BCUT2D eigenvalue weighted by Crippen LogP contribution is -2.62. The largest absolute Gasteiger partial charge is 0.374 e. The van der Waals surface area contributed by atoms with Crippen LogP contribution in [-0.2, 0) is 54.8 Å². The van der Waals surface area contributed by atoms with Gasteiger partial charge in [-0.05, 0) is 35.1 Å². The summed E-state index contributed by atoms with van der Waals surface area (Å²) in [7, 11) is 0. The first-order valence-electron chi connectivity index (χ1n) is 16.7. The maximum atomic E-state index is 6.83. The number of benzene rings is 4. The van der Waals surface area contributed by atoms with Crippen molar-refractivity contribution in [3.8, 4) is 0 Å². The Kier molecular flexibility index (Phi) is 12.4. The van der Waals surface area contributed by atoms with E-state index in [0.29, 0.717) is 33.0 Å². The van der Waals surface area contributed by atoms with Gasteiger partial charge in [-0.1, -0.05) is 141 Å². The molecule has 1 aliphatic carbocycles. The summed E-state index contributed by atoms with van der Waals surface area (Å²) in [5, 5.41) is 0. The van der Waals surface area contributed by atoms with Crippen molar-refractivity contribution in [2.24, 2.45) is 0 Å². The van der Waals surface area contributed by atoms with E-state index in [-0.39, 0.29) is 6.10 Å². The maximum absolute atomic E-state index is 6.83. The van der Waals surface area contributed by atoms with Crippen LogP contribution >= 0.6 is 0 Å². The number of rotatable bonds is 15. The molecule has 6 nitrogen and oxygen atoms in total. The highest BCUT2D eigenvalue weighted by molar-refractivity contribution is 5.16. The molecule has 6 heteroatoms. The van der Waals surface area contributed by atoms with Crippen molar-refractivity contribution in [3.05, 3.63) is 144 Å². The van der Waals surface area contributed by atoms with Gasteiger partial charge < -0.3 is 28.4 Å². The van der Waals surface area contributed by atoms with Crippen molar-refractivity contribution in [2.45, 2.75) is 95.3 Å². The average molecular weight is 623 g/mol. The molecule has 0 amide bonds. The van der Waals surface area contributed by atoms with Crippen molar-refractivity contribution in [1.82, 2.24) is 0 Å². The molecule has 0 spiro atoms. The van der Waals surface area contributed by atoms with Crippen molar-refractivity contribution >= 4 is 0 Å². The van der Waals surface area contributed by atoms with Crippen LogP contribution in [0.5, 0.6) is 0 Å². The molecule has 0 N–H and O–H groups in total. The molecule has 1 aliphatic heterocycles. The summed E-state index contributed by atoms with van der Waals surface area (Å²) in [5.74, 6) is 0. The molecular formula is C40H46O6. The standard InChI is InChI=1S/C40H46O6/c1-6-16-31(17-7-1)26-41-30-36-37(42-27-32-18-8-2-9-19-32)38(43-28-33-20-10-3-11-21-33)39(44-29-34-22-12-4-13-23-34)40(46-36)45-35-24-14-5-15-25-35/h1-4,6-13,16-23,35-40H,5,14-15,24-30H2/t36-,37+,38+,39-,40+/m1/s1. The SMILES string of the molecule is c1ccc(COC[C@H]2O[C@H](OC3CCCCC3)[C@H](OCc3ccccc3)[C@@H](OCc3ccccc3)[C@H]2OCc2ccccc2)cc1. The van der Waals surface area contributed by atoms with Gasteiger partial charge in [-0.15, -0.1) is 0 Å². The molecule has 0 aromatic heterocycles. The van der Waals surface area contributed by atoms with Crippen LogP contribution in [0.3, 0.4) is 0 Å². The van der Waals surface area contributed by atoms with Crippen LogP contribution in [0.15, 0.2) is 121 Å². The van der Waals surface area contributed by atoms with E-state index in [4.69, 9.17) is 28.4 Å². The molecule has 2 fully saturated rings. The quantitative estimate of drug-likeness (QED) is 0.134. The van der Waals surface area contributed by atoms with Crippen LogP contribution in [0.1, 0.15) is 54.4 Å². The lowest BCUT2D eigenvalue weighted by molar-refractivity contribution is -0.337. The number of ether oxygens (including phenoxy) is 6. The zero-order chi connectivity index (χ0) is 31.2. The zero-order valence-electron chi connectivity index (χ0n) is 26.5. The average Bonchev–Trinajstić information content (AvgIpc) is 3.12. The minimum atomic E-state index is -0.630. The predicted molar refractivity (Wildman–Crippen MR) is 178 cm³/mol. The fourth-order valence-electron chi connectivity index (χ4n) is 6.25. The summed E-state index contributed by atoms with van der Waals surface area (Å²) in [6.45, 7) is 2.04. The Morgan fingerprint density at radius 2 is 0.913 bits per heavy atom. The van der Waals surface area contributed by atoms with Crippen LogP contribution in [-0.4, -0.2) is 43.4 Å². The van der Waals surface area contributed by atoms with E-state index in [2.05, 4.69) is 48.5 Å². The molecule has 0 bridgehead atoms. The van der Waals surface area contributed by atoms with E-state index in [0.717, 1.165) is 47.9 Å². The van der Waals surface area contributed by atoms with E-state index in [9.17, 15) is 0 Å². The molecule has 0 unspecified atom stereocenters. The van der Waals surface area contributed by atoms with Gasteiger partial charge in [0.05, 0.1) is 39.1 Å². The minimum absolute atomic E-state index is 0.115. The molecule has 4 aromatic rings. The molecule has 1 saturated heterocycles. The third-order valence-electron chi connectivity index (χ3n) is 8.72. The summed E-state index contributed by atoms with van der Waals surface area (Å²) in [5.41, 5.74) is 4.35. The third kappa shape index (κ3) is 9.58. The Bertz CT molecular complexity index is 1380. The Labute approximate surface area is 273 Å². The van der Waals surface area contributed by atoms with Gasteiger partial charge in [0.2, 0.25) is 0 Å². The summed E-state index contributed by atoms with van der Waals surface area (Å²) in [6, 6.07) is 40.9. The smallest absolute Gasteiger partial charge is 0.187 e. The highest BCUT2D eigenvalue weighted by Gasteiger charge is 2.49. The molecule has 4 aromatic carbocycles. The van der Waals surface area contributed by atoms with Crippen LogP contribution in [0.4, 0.5) is 0 Å². The lowest BCUT2D eigenvalue weighted by Gasteiger charge is -2.47. The van der Waals surface area contributed by atoms with Gasteiger partial charge in [-0.3, -0.25) is 0 Å². The maximum Gasteiger partial charge on any atom is 0.187 e. The first-order chi connectivity index (χ1) is 22.8. The van der Waals surface area contributed by atoms with Crippen molar-refractivity contribution in [2.75, 3.05) is 6.61 Å². The van der Waals surface area contributed by atoms with Gasteiger partial charge in [0.15, 0.2) is 6.29 Å². The Hall–Kier alpha value is -3.36. The highest BCUT2D eigenvalue weighted by atomic mass is 16.7. The van der Waals surface area contributed by atoms with Gasteiger partial charge in [0, 0.05) is 0 Å². The zero-order valence-corrected chi connectivity index (χ0v) is 26.5. The Morgan fingerprint density at radius 1 is 0.478 bits per heavy atom. The van der Waals surface area contributed by atoms with Gasteiger partial charge in [0.25, 0.3) is 0 Å². The Balaban J connectivity index is 1.29. The van der Waals surface area contributed by atoms with E-state index in [1.807, 2.05) is 72.8 Å². The van der Waals surface area contributed by atoms with Crippen LogP contribution in [0.25, 0.3) is 0 Å². The van der Waals surface area contributed by atoms with Gasteiger partial charge in [-0.2, -0.15) is 0 Å². The summed E-state index contributed by atoms with van der Waals surface area (Å²) in [4.78, 5) is 0. The van der Waals surface area contributed by atoms with E-state index < -0.39 is 30.7 Å². The molecular weight excluding hydrogens is 576 g/mol. The van der Waals surface area contributed by atoms with Crippen LogP contribution in [0, 0.1) is 0 Å². The minimum Gasteiger partial charge on any atom is -0.374 e. The highest BCUT2D eigenvalue weighted by Crippen LogP contribution is 2.34. The number of hydrogen-bond acceptors (Lipinski definition) is 6. The molecule has 1 heterocycles. The summed E-state index contributed by atoms with van der Waals surface area (Å²) in [6.07, 6.45) is 3.20. The second kappa shape index (κ2) is 17.5. The van der Waals surface area contributed by atoms with Crippen molar-refractivity contribution in [3.63, 3.8) is 0 Å². The summed E-state index contributed by atoms with van der Waals surface area (Å²) < 4.78 is 40.2. The molecule has 242 valence electrons. The van der Waals surface area contributed by atoms with E-state index in [1.54, 1.807) is 0 Å². The summed E-state index contributed by atoms with van der Waals surface area (Å²) >= 11 is 0. The van der Waals surface area contributed by atoms with E-state index in [1.165, 1.54) is 6.42 Å². The van der Waals surface area contributed by atoms with Crippen molar-refractivity contribution in [1.29, 1.82) is 0 Å². The molecule has 0 radical (unpaired) electrons. The van der Waals surface area contributed by atoms with Crippen molar-refractivity contribution < 1.29 is 28.4 Å². The molecule has 6 rings (SSSR count). The predicted octanol–water partition coefficient (Wildman–Crippen LogP) is 8.03. The second-order valence-electron chi connectivity index (χ2n) is 12.2. The normalized spacial score (nSPS) is 23.7. The van der Waals surface area contributed by atoms with Gasteiger partial charge in [0.1, 0.15) is 24.4 Å². The van der Waals surface area contributed by atoms with E-state index >= 15 is 0 Å². The monoisotopic (exact) mass is 622 g/mol. The fourth-order valence-corrected chi connectivity index (χ4v) is 6.25. The molecule has 5 atom stereocenters. The van der Waals surface area contributed by atoms with Crippen LogP contribution in [0.2, 0.25) is 0 Å². The Morgan fingerprint density at radius 3 is 1.41 bits per heavy atom. The molecule has 1 saturated carbocycles. The van der Waals surface area contributed by atoms with Crippen LogP contribution < -0.4 is 0 Å². The third-order valence-corrected chi connectivity index (χ3v) is 8.72. The molecule has 2 aliphatic rings.